The summed E-state index contributed by atoms with van der Waals surface area (Å²) in [7, 11) is 1.57. The van der Waals surface area contributed by atoms with Crippen LogP contribution in [0.5, 0.6) is 11.5 Å². The molecule has 0 aliphatic carbocycles. The van der Waals surface area contributed by atoms with Crippen molar-refractivity contribution in [3.63, 3.8) is 0 Å². The molecule has 6 heteroatoms. The van der Waals surface area contributed by atoms with Crippen LogP contribution in [0.1, 0.15) is 50.7 Å². The van der Waals surface area contributed by atoms with E-state index in [9.17, 15) is 10.1 Å². The SMILES string of the molecule is CCCCCCOc1ccc(/C=C(\C#N)C(=O)Nc2ccc(CC)cc2Br)cc1OC. The Labute approximate surface area is 193 Å². The van der Waals surface area contributed by atoms with Crippen LogP contribution in [-0.2, 0) is 11.2 Å². The van der Waals surface area contributed by atoms with Crippen molar-refractivity contribution < 1.29 is 14.3 Å². The van der Waals surface area contributed by atoms with Crippen LogP contribution >= 0.6 is 15.9 Å². The zero-order chi connectivity index (χ0) is 22.6. The van der Waals surface area contributed by atoms with Gasteiger partial charge < -0.3 is 14.8 Å². The third-order valence-electron chi connectivity index (χ3n) is 4.81. The van der Waals surface area contributed by atoms with E-state index < -0.39 is 5.91 Å². The first-order chi connectivity index (χ1) is 15.0. The van der Waals surface area contributed by atoms with Crippen molar-refractivity contribution in [1.29, 1.82) is 5.26 Å². The summed E-state index contributed by atoms with van der Waals surface area (Å²) >= 11 is 3.47. The molecule has 0 aliphatic heterocycles. The highest BCUT2D eigenvalue weighted by Crippen LogP contribution is 2.29. The third kappa shape index (κ3) is 7.45. The van der Waals surface area contributed by atoms with Crippen LogP contribution in [0.4, 0.5) is 5.69 Å². The molecule has 0 saturated heterocycles. The van der Waals surface area contributed by atoms with Gasteiger partial charge in [0.2, 0.25) is 0 Å². The van der Waals surface area contributed by atoms with Crippen molar-refractivity contribution in [3.05, 3.63) is 57.6 Å². The van der Waals surface area contributed by atoms with Gasteiger partial charge in [-0.1, -0.05) is 45.2 Å². The van der Waals surface area contributed by atoms with Gasteiger partial charge in [-0.3, -0.25) is 4.79 Å². The normalized spacial score (nSPS) is 11.0. The number of unbranched alkanes of at least 4 members (excludes halogenated alkanes) is 3. The summed E-state index contributed by atoms with van der Waals surface area (Å²) in [6, 6.07) is 13.1. The Morgan fingerprint density at radius 3 is 2.58 bits per heavy atom. The molecular weight excluding hydrogens is 456 g/mol. The van der Waals surface area contributed by atoms with Gasteiger partial charge in [0.05, 0.1) is 19.4 Å². The Kier molecular flexibility index (Phi) is 10.1. The van der Waals surface area contributed by atoms with Crippen molar-refractivity contribution >= 4 is 33.6 Å². The molecule has 0 aromatic heterocycles. The number of ether oxygens (including phenoxy) is 2. The summed E-state index contributed by atoms with van der Waals surface area (Å²) < 4.78 is 12.0. The number of methoxy groups -OCH3 is 1. The Hall–Kier alpha value is -2.78. The quantitative estimate of drug-likeness (QED) is 0.223. The molecule has 5 nitrogen and oxygen atoms in total. The second kappa shape index (κ2) is 12.8. The van der Waals surface area contributed by atoms with Crippen molar-refractivity contribution in [1.82, 2.24) is 0 Å². The molecule has 31 heavy (non-hydrogen) atoms. The number of carbonyl (C=O) groups excluding carboxylic acids is 1. The lowest BCUT2D eigenvalue weighted by Gasteiger charge is -2.11. The second-order valence-electron chi connectivity index (χ2n) is 7.11. The number of benzene rings is 2. The monoisotopic (exact) mass is 484 g/mol. The Morgan fingerprint density at radius 2 is 1.94 bits per heavy atom. The zero-order valence-corrected chi connectivity index (χ0v) is 19.9. The molecule has 0 unspecified atom stereocenters. The fourth-order valence-electron chi connectivity index (χ4n) is 2.99. The third-order valence-corrected chi connectivity index (χ3v) is 5.47. The number of hydrogen-bond acceptors (Lipinski definition) is 4. The number of hydrogen-bond donors (Lipinski definition) is 1. The first-order valence-electron chi connectivity index (χ1n) is 10.5. The van der Waals surface area contributed by atoms with E-state index in [1.165, 1.54) is 18.9 Å². The van der Waals surface area contributed by atoms with Crippen molar-refractivity contribution in [2.24, 2.45) is 0 Å². The molecule has 2 aromatic carbocycles. The molecule has 1 amide bonds. The van der Waals surface area contributed by atoms with Crippen molar-refractivity contribution in [2.75, 3.05) is 19.0 Å². The maximum atomic E-state index is 12.6. The van der Waals surface area contributed by atoms with Gasteiger partial charge in [-0.15, -0.1) is 0 Å². The Morgan fingerprint density at radius 1 is 1.13 bits per heavy atom. The van der Waals surface area contributed by atoms with Gasteiger partial charge in [0.25, 0.3) is 5.91 Å². The minimum atomic E-state index is -0.470. The topological polar surface area (TPSA) is 71.3 Å². The fourth-order valence-corrected chi connectivity index (χ4v) is 3.51. The maximum absolute atomic E-state index is 12.6. The predicted octanol–water partition coefficient (Wildman–Crippen LogP) is 6.52. The van der Waals surface area contributed by atoms with Crippen LogP contribution in [0.2, 0.25) is 0 Å². The molecule has 0 fully saturated rings. The van der Waals surface area contributed by atoms with Gasteiger partial charge in [0, 0.05) is 4.47 Å². The Balaban J connectivity index is 2.12. The van der Waals surface area contributed by atoms with E-state index in [4.69, 9.17) is 9.47 Å². The lowest BCUT2D eigenvalue weighted by atomic mass is 10.1. The lowest BCUT2D eigenvalue weighted by molar-refractivity contribution is -0.112. The van der Waals surface area contributed by atoms with Gasteiger partial charge in [0.1, 0.15) is 11.6 Å². The summed E-state index contributed by atoms with van der Waals surface area (Å²) in [4.78, 5) is 12.6. The maximum Gasteiger partial charge on any atom is 0.266 e. The van der Waals surface area contributed by atoms with Crippen molar-refractivity contribution in [3.8, 4) is 17.6 Å². The predicted molar refractivity (Wildman–Crippen MR) is 128 cm³/mol. The van der Waals surface area contributed by atoms with Gasteiger partial charge in [-0.05, 0) is 70.2 Å². The Bertz CT molecular complexity index is 964. The van der Waals surface area contributed by atoms with E-state index in [0.717, 1.165) is 29.3 Å². The van der Waals surface area contributed by atoms with Gasteiger partial charge in [-0.25, -0.2) is 0 Å². The van der Waals surface area contributed by atoms with E-state index in [-0.39, 0.29) is 5.57 Å². The highest BCUT2D eigenvalue weighted by molar-refractivity contribution is 9.10. The van der Waals surface area contributed by atoms with Gasteiger partial charge in [0.15, 0.2) is 11.5 Å². The highest BCUT2D eigenvalue weighted by atomic mass is 79.9. The average Bonchev–Trinajstić information content (AvgIpc) is 2.78. The number of aryl methyl sites for hydroxylation is 1. The summed E-state index contributed by atoms with van der Waals surface area (Å²) in [5, 5.41) is 12.3. The number of nitriles is 1. The summed E-state index contributed by atoms with van der Waals surface area (Å²) in [6.07, 6.45) is 6.94. The standard InChI is InChI=1S/C25H29BrN2O3/c1-4-6-7-8-13-31-23-12-10-19(16-24(23)30-3)14-20(17-27)25(29)28-22-11-9-18(5-2)15-21(22)26/h9-12,14-16H,4-8,13H2,1-3H3,(H,28,29)/b20-14+. The first-order valence-corrected chi connectivity index (χ1v) is 11.3. The van der Waals surface area contributed by atoms with E-state index >= 15 is 0 Å². The number of amides is 1. The van der Waals surface area contributed by atoms with E-state index in [2.05, 4.69) is 35.1 Å². The summed E-state index contributed by atoms with van der Waals surface area (Å²) in [6.45, 7) is 4.86. The lowest BCUT2D eigenvalue weighted by Crippen LogP contribution is -2.14. The molecule has 164 valence electrons. The molecule has 1 N–H and O–H groups in total. The van der Waals surface area contributed by atoms with Crippen LogP contribution in [0.25, 0.3) is 6.08 Å². The van der Waals surface area contributed by atoms with Gasteiger partial charge >= 0.3 is 0 Å². The van der Waals surface area contributed by atoms with Crippen LogP contribution in [-0.4, -0.2) is 19.6 Å². The van der Waals surface area contributed by atoms with E-state index in [1.54, 1.807) is 25.3 Å². The molecule has 2 rings (SSSR count). The fraction of sp³-hybridized carbons (Fsp3) is 0.360. The minimum absolute atomic E-state index is 0.00163. The largest absolute Gasteiger partial charge is 0.493 e. The molecule has 0 atom stereocenters. The van der Waals surface area contributed by atoms with E-state index in [0.29, 0.717) is 29.4 Å². The molecule has 0 heterocycles. The van der Waals surface area contributed by atoms with Gasteiger partial charge in [-0.2, -0.15) is 5.26 Å². The van der Waals surface area contributed by atoms with Crippen LogP contribution in [0.3, 0.4) is 0 Å². The highest BCUT2D eigenvalue weighted by Gasteiger charge is 2.13. The molecule has 0 spiro atoms. The van der Waals surface area contributed by atoms with Crippen LogP contribution in [0.15, 0.2) is 46.4 Å². The van der Waals surface area contributed by atoms with Crippen LogP contribution < -0.4 is 14.8 Å². The average molecular weight is 485 g/mol. The first kappa shape index (κ1) is 24.5. The number of halogens is 1. The number of rotatable bonds is 11. The molecule has 0 aliphatic rings. The zero-order valence-electron chi connectivity index (χ0n) is 18.3. The number of carbonyl (C=O) groups is 1. The smallest absolute Gasteiger partial charge is 0.266 e. The minimum Gasteiger partial charge on any atom is -0.493 e. The second-order valence-corrected chi connectivity index (χ2v) is 7.97. The van der Waals surface area contributed by atoms with Crippen molar-refractivity contribution in [2.45, 2.75) is 46.0 Å². The summed E-state index contributed by atoms with van der Waals surface area (Å²) in [5.74, 6) is 0.751. The van der Waals surface area contributed by atoms with E-state index in [1.807, 2.05) is 24.3 Å². The molecule has 0 bridgehead atoms. The summed E-state index contributed by atoms with van der Waals surface area (Å²) in [5.41, 5.74) is 2.46. The number of anilines is 1. The molecule has 0 saturated carbocycles. The number of nitrogens with one attached hydrogen (secondary N) is 1. The molecule has 2 aromatic rings. The number of nitrogens with zero attached hydrogens (tertiary/aromatic N) is 1. The molecular formula is C25H29BrN2O3. The molecule has 0 radical (unpaired) electrons. The van der Waals surface area contributed by atoms with Crippen LogP contribution in [0, 0.1) is 11.3 Å².